The van der Waals surface area contributed by atoms with Crippen LogP contribution in [0.4, 0.5) is 0 Å². The molecule has 1 aromatic carbocycles. The van der Waals surface area contributed by atoms with E-state index in [0.29, 0.717) is 6.61 Å². The largest absolute Gasteiger partial charge is 0.381 e. The van der Waals surface area contributed by atoms with Gasteiger partial charge in [-0.05, 0) is 44.1 Å². The molecular weight excluding hydrogens is 284 g/mol. The molecule has 0 spiro atoms. The number of nitrogens with zero attached hydrogens (tertiary/aromatic N) is 2. The summed E-state index contributed by atoms with van der Waals surface area (Å²) in [6.45, 7) is 2.58. The van der Waals surface area contributed by atoms with Crippen molar-refractivity contribution in [3.05, 3.63) is 48.0 Å². The van der Waals surface area contributed by atoms with Gasteiger partial charge in [-0.2, -0.15) is 5.26 Å². The minimum absolute atomic E-state index is 0.289. The summed E-state index contributed by atoms with van der Waals surface area (Å²) >= 11 is 0. The smallest absolute Gasteiger partial charge is 0.109 e. The fourth-order valence-electron chi connectivity index (χ4n) is 3.39. The lowest BCUT2D eigenvalue weighted by molar-refractivity contribution is 0.0748. The lowest BCUT2D eigenvalue weighted by Gasteiger charge is -2.42. The van der Waals surface area contributed by atoms with Gasteiger partial charge < -0.3 is 4.74 Å². The molecule has 1 saturated heterocycles. The summed E-state index contributed by atoms with van der Waals surface area (Å²) in [5.74, 6) is 0. The van der Waals surface area contributed by atoms with Crippen molar-refractivity contribution in [2.24, 2.45) is 0 Å². The molecule has 23 heavy (non-hydrogen) atoms. The van der Waals surface area contributed by atoms with Gasteiger partial charge in [-0.15, -0.1) is 0 Å². The molecule has 3 heteroatoms. The molecule has 1 aliphatic rings. The second-order valence-electron chi connectivity index (χ2n) is 6.33. The Labute approximate surface area is 140 Å². The summed E-state index contributed by atoms with van der Waals surface area (Å²) in [4.78, 5) is 2.41. The summed E-state index contributed by atoms with van der Waals surface area (Å²) in [5.41, 5.74) is 1.01. The zero-order chi connectivity index (χ0) is 16.4. The molecular formula is C20H28N2O. The fraction of sp³-hybridized carbons (Fsp3) is 0.550. The van der Waals surface area contributed by atoms with Crippen LogP contribution in [0, 0.1) is 11.3 Å². The molecule has 1 aromatic rings. The third kappa shape index (κ3) is 5.20. The quantitative estimate of drug-likeness (QED) is 0.530. The van der Waals surface area contributed by atoms with Gasteiger partial charge in [0.1, 0.15) is 5.54 Å². The minimum Gasteiger partial charge on any atom is -0.381 e. The molecule has 3 nitrogen and oxygen atoms in total. The van der Waals surface area contributed by atoms with Crippen molar-refractivity contribution in [1.29, 1.82) is 5.26 Å². The van der Waals surface area contributed by atoms with Gasteiger partial charge in [-0.25, -0.2) is 0 Å². The third-order valence-electron chi connectivity index (χ3n) is 4.69. The van der Waals surface area contributed by atoms with E-state index in [1.54, 1.807) is 7.11 Å². The lowest BCUT2D eigenvalue weighted by atomic mass is 9.83. The lowest BCUT2D eigenvalue weighted by Crippen LogP contribution is -2.50. The minimum atomic E-state index is -0.289. The molecule has 1 aliphatic heterocycles. The highest BCUT2D eigenvalue weighted by atomic mass is 16.5. The van der Waals surface area contributed by atoms with Crippen molar-refractivity contribution in [3.63, 3.8) is 0 Å². The molecule has 1 heterocycles. The van der Waals surface area contributed by atoms with E-state index in [9.17, 15) is 5.26 Å². The Kier molecular flexibility index (Phi) is 7.32. The molecule has 2 rings (SSSR count). The maximum absolute atomic E-state index is 9.90. The van der Waals surface area contributed by atoms with Gasteiger partial charge in [-0.1, -0.05) is 42.5 Å². The van der Waals surface area contributed by atoms with Gasteiger partial charge in [0.25, 0.3) is 0 Å². The summed E-state index contributed by atoms with van der Waals surface area (Å²) < 4.78 is 5.02. The molecule has 124 valence electrons. The molecule has 0 amide bonds. The Hall–Kier alpha value is -1.63. The van der Waals surface area contributed by atoms with Crippen molar-refractivity contribution < 1.29 is 4.74 Å². The fourth-order valence-corrected chi connectivity index (χ4v) is 3.39. The van der Waals surface area contributed by atoms with Gasteiger partial charge in [0.2, 0.25) is 0 Å². The number of rotatable bonds is 8. The maximum atomic E-state index is 9.90. The summed E-state index contributed by atoms with van der Waals surface area (Å²) in [6, 6.07) is 13.2. The predicted molar refractivity (Wildman–Crippen MR) is 93.9 cm³/mol. The van der Waals surface area contributed by atoms with Crippen LogP contribution in [0.15, 0.2) is 42.5 Å². The first-order chi connectivity index (χ1) is 11.3. The van der Waals surface area contributed by atoms with E-state index in [1.807, 2.05) is 6.07 Å². The number of ether oxygens (including phenoxy) is 1. The zero-order valence-electron chi connectivity index (χ0n) is 14.2. The molecule has 0 bridgehead atoms. The molecule has 1 unspecified atom stereocenters. The van der Waals surface area contributed by atoms with Gasteiger partial charge in [0.05, 0.1) is 12.7 Å². The molecule has 0 aromatic heterocycles. The van der Waals surface area contributed by atoms with Crippen LogP contribution in [0.1, 0.15) is 44.1 Å². The van der Waals surface area contributed by atoms with Crippen LogP contribution in [0.3, 0.4) is 0 Å². The maximum Gasteiger partial charge on any atom is 0.109 e. The number of methoxy groups -OCH3 is 1. The van der Waals surface area contributed by atoms with Crippen molar-refractivity contribution in [2.45, 2.75) is 50.6 Å². The first kappa shape index (κ1) is 17.7. The number of benzene rings is 1. The molecule has 0 aliphatic carbocycles. The van der Waals surface area contributed by atoms with Crippen LogP contribution in [-0.2, 0) is 11.3 Å². The zero-order valence-corrected chi connectivity index (χ0v) is 14.2. The van der Waals surface area contributed by atoms with Crippen LogP contribution < -0.4 is 0 Å². The van der Waals surface area contributed by atoms with E-state index in [0.717, 1.165) is 38.8 Å². The topological polar surface area (TPSA) is 36.3 Å². The number of piperidine rings is 1. The van der Waals surface area contributed by atoms with E-state index >= 15 is 0 Å². The molecule has 0 N–H and O–H groups in total. The predicted octanol–water partition coefficient (Wildman–Crippen LogP) is 4.31. The van der Waals surface area contributed by atoms with E-state index in [1.165, 1.54) is 18.4 Å². The number of hydrogen-bond donors (Lipinski definition) is 0. The summed E-state index contributed by atoms with van der Waals surface area (Å²) in [6.07, 6.45) is 10.6. The van der Waals surface area contributed by atoms with Crippen LogP contribution in [0.2, 0.25) is 0 Å². The van der Waals surface area contributed by atoms with Crippen molar-refractivity contribution in [3.8, 4) is 6.07 Å². The monoisotopic (exact) mass is 312 g/mol. The standard InChI is InChI=1S/C20H28N2O/c1-23-16-10-3-2-7-13-20(18-21)14-8-9-15-22(20)17-19-11-5-4-6-12-19/h3-6,10-12H,2,7-9,13-17H2,1H3/b10-3+. The van der Waals surface area contributed by atoms with Gasteiger partial charge in [-0.3, -0.25) is 4.90 Å². The average molecular weight is 312 g/mol. The Morgan fingerprint density at radius 3 is 2.83 bits per heavy atom. The Morgan fingerprint density at radius 2 is 2.09 bits per heavy atom. The van der Waals surface area contributed by atoms with Crippen LogP contribution >= 0.6 is 0 Å². The first-order valence-electron chi connectivity index (χ1n) is 8.65. The second-order valence-corrected chi connectivity index (χ2v) is 6.33. The molecule has 1 atom stereocenters. The van der Waals surface area contributed by atoms with Gasteiger partial charge in [0, 0.05) is 20.2 Å². The van der Waals surface area contributed by atoms with E-state index in [4.69, 9.17) is 4.74 Å². The first-order valence-corrected chi connectivity index (χ1v) is 8.65. The van der Waals surface area contributed by atoms with Crippen molar-refractivity contribution in [1.82, 2.24) is 4.90 Å². The SMILES string of the molecule is COC/C=C/CCCC1(C#N)CCCCN1Cc1ccccc1. The molecule has 0 saturated carbocycles. The Bertz CT molecular complexity index is 520. The third-order valence-corrected chi connectivity index (χ3v) is 4.69. The summed E-state index contributed by atoms with van der Waals surface area (Å²) in [5, 5.41) is 9.90. The Balaban J connectivity index is 1.96. The van der Waals surface area contributed by atoms with E-state index in [-0.39, 0.29) is 5.54 Å². The number of unbranched alkanes of at least 4 members (excludes halogenated alkanes) is 1. The number of allylic oxidation sites excluding steroid dienone is 1. The average Bonchev–Trinajstić information content (AvgIpc) is 2.60. The van der Waals surface area contributed by atoms with Crippen LogP contribution in [0.5, 0.6) is 0 Å². The second kappa shape index (κ2) is 9.50. The van der Waals surface area contributed by atoms with Crippen LogP contribution in [0.25, 0.3) is 0 Å². The van der Waals surface area contributed by atoms with Gasteiger partial charge >= 0.3 is 0 Å². The number of nitriles is 1. The van der Waals surface area contributed by atoms with Crippen molar-refractivity contribution >= 4 is 0 Å². The highest BCUT2D eigenvalue weighted by Crippen LogP contribution is 2.33. The number of hydrogen-bond acceptors (Lipinski definition) is 3. The van der Waals surface area contributed by atoms with Crippen molar-refractivity contribution in [2.75, 3.05) is 20.3 Å². The molecule has 1 fully saturated rings. The van der Waals surface area contributed by atoms with Crippen LogP contribution in [-0.4, -0.2) is 30.7 Å². The molecule has 0 radical (unpaired) electrons. The van der Waals surface area contributed by atoms with E-state index in [2.05, 4.69) is 47.4 Å². The normalized spacial score (nSPS) is 22.3. The summed E-state index contributed by atoms with van der Waals surface area (Å²) in [7, 11) is 1.71. The highest BCUT2D eigenvalue weighted by Gasteiger charge is 2.38. The Morgan fingerprint density at radius 1 is 1.26 bits per heavy atom. The number of likely N-dealkylation sites (tertiary alicyclic amines) is 1. The van der Waals surface area contributed by atoms with Gasteiger partial charge in [0.15, 0.2) is 0 Å². The van der Waals surface area contributed by atoms with E-state index < -0.39 is 0 Å². The highest BCUT2D eigenvalue weighted by molar-refractivity contribution is 5.17.